The predicted octanol–water partition coefficient (Wildman–Crippen LogP) is 5.90. The van der Waals surface area contributed by atoms with Crippen LogP contribution in [0.25, 0.3) is 0 Å². The highest BCUT2D eigenvalue weighted by Crippen LogP contribution is 2.26. The third-order valence-corrected chi connectivity index (χ3v) is 4.54. The van der Waals surface area contributed by atoms with Gasteiger partial charge in [0.2, 0.25) is 0 Å². The minimum Gasteiger partial charge on any atom is -0.462 e. The molecule has 0 atom stereocenters. The van der Waals surface area contributed by atoms with Gasteiger partial charge in [-0.2, -0.15) is 0 Å². The van der Waals surface area contributed by atoms with Gasteiger partial charge in [-0.3, -0.25) is 4.79 Å². The third kappa shape index (κ3) is 8.92. The molecule has 139 valence electrons. The summed E-state index contributed by atoms with van der Waals surface area (Å²) in [4.78, 5) is 22.4. The molecular weight excluding hydrogens is 338 g/mol. The van der Waals surface area contributed by atoms with E-state index in [4.69, 9.17) is 16.3 Å². The SMILES string of the molecule is CCCCCCCCCCCCOC(=O)c1cccc(N[C]=O)c1Cl. The van der Waals surface area contributed by atoms with Gasteiger partial charge in [-0.1, -0.05) is 82.4 Å². The molecule has 0 aliphatic heterocycles. The largest absolute Gasteiger partial charge is 0.462 e. The Balaban J connectivity index is 2.13. The van der Waals surface area contributed by atoms with E-state index >= 15 is 0 Å². The zero-order valence-corrected chi connectivity index (χ0v) is 15.9. The molecular formula is C20H29ClNO3. The van der Waals surface area contributed by atoms with Gasteiger partial charge in [0.05, 0.1) is 22.9 Å². The van der Waals surface area contributed by atoms with E-state index in [2.05, 4.69) is 12.2 Å². The fourth-order valence-electron chi connectivity index (χ4n) is 2.67. The quantitative estimate of drug-likeness (QED) is 0.253. The van der Waals surface area contributed by atoms with E-state index in [9.17, 15) is 9.59 Å². The second-order valence-electron chi connectivity index (χ2n) is 6.21. The lowest BCUT2D eigenvalue weighted by Crippen LogP contribution is -2.08. The van der Waals surface area contributed by atoms with Crippen LogP contribution in [0.3, 0.4) is 0 Å². The van der Waals surface area contributed by atoms with Crippen LogP contribution in [0.5, 0.6) is 0 Å². The number of carbonyl (C=O) groups excluding carboxylic acids is 2. The number of ether oxygens (including phenoxy) is 1. The molecule has 0 fully saturated rings. The number of rotatable bonds is 14. The molecule has 0 aliphatic carbocycles. The van der Waals surface area contributed by atoms with Crippen LogP contribution in [-0.2, 0) is 9.53 Å². The van der Waals surface area contributed by atoms with Crippen molar-refractivity contribution in [2.75, 3.05) is 11.9 Å². The molecule has 1 N–H and O–H groups in total. The number of unbranched alkanes of at least 4 members (excludes halogenated alkanes) is 9. The molecule has 1 radical (unpaired) electrons. The van der Waals surface area contributed by atoms with Crippen molar-refractivity contribution in [1.29, 1.82) is 0 Å². The van der Waals surface area contributed by atoms with Crippen LogP contribution in [0.1, 0.15) is 81.5 Å². The topological polar surface area (TPSA) is 55.4 Å². The maximum atomic E-state index is 12.0. The van der Waals surface area contributed by atoms with Crippen LogP contribution in [0.4, 0.5) is 5.69 Å². The lowest BCUT2D eigenvalue weighted by atomic mass is 10.1. The maximum Gasteiger partial charge on any atom is 0.339 e. The van der Waals surface area contributed by atoms with E-state index in [1.807, 2.05) is 0 Å². The van der Waals surface area contributed by atoms with Gasteiger partial charge < -0.3 is 10.1 Å². The fourth-order valence-corrected chi connectivity index (χ4v) is 2.92. The van der Waals surface area contributed by atoms with Crippen molar-refractivity contribution >= 4 is 29.7 Å². The minimum atomic E-state index is -0.463. The Hall–Kier alpha value is -1.55. The van der Waals surface area contributed by atoms with E-state index in [1.165, 1.54) is 51.4 Å². The standard InChI is InChI=1S/C20H29ClNO3/c1-2-3-4-5-6-7-8-9-10-11-15-25-20(24)17-13-12-14-18(19(17)21)22-16-23/h12-14H,2-11,15H2,1H3,(H,22,23). The molecule has 0 spiro atoms. The first-order valence-corrected chi connectivity index (χ1v) is 9.67. The monoisotopic (exact) mass is 366 g/mol. The highest BCUT2D eigenvalue weighted by atomic mass is 35.5. The molecule has 1 aromatic carbocycles. The van der Waals surface area contributed by atoms with Crippen LogP contribution in [0.15, 0.2) is 18.2 Å². The Morgan fingerprint density at radius 3 is 2.24 bits per heavy atom. The highest BCUT2D eigenvalue weighted by molar-refractivity contribution is 6.36. The number of halogens is 1. The first kappa shape index (κ1) is 21.5. The third-order valence-electron chi connectivity index (χ3n) is 4.14. The first-order chi connectivity index (χ1) is 12.2. The Bertz CT molecular complexity index is 520. The average Bonchev–Trinajstić information content (AvgIpc) is 2.61. The number of hydrogen-bond acceptors (Lipinski definition) is 3. The van der Waals surface area contributed by atoms with Crippen molar-refractivity contribution in [2.24, 2.45) is 0 Å². The molecule has 5 heteroatoms. The van der Waals surface area contributed by atoms with Crippen molar-refractivity contribution in [3.63, 3.8) is 0 Å². The number of hydrogen-bond donors (Lipinski definition) is 1. The van der Waals surface area contributed by atoms with Crippen LogP contribution in [0.2, 0.25) is 5.02 Å². The molecule has 1 amide bonds. The highest BCUT2D eigenvalue weighted by Gasteiger charge is 2.14. The molecule has 0 aliphatic rings. The number of nitrogens with one attached hydrogen (secondary N) is 1. The minimum absolute atomic E-state index is 0.180. The van der Waals surface area contributed by atoms with Crippen LogP contribution in [0, 0.1) is 0 Å². The van der Waals surface area contributed by atoms with Crippen molar-refractivity contribution in [1.82, 2.24) is 0 Å². The molecule has 0 unspecified atom stereocenters. The van der Waals surface area contributed by atoms with Gasteiger partial charge in [-0.05, 0) is 18.6 Å². The average molecular weight is 367 g/mol. The van der Waals surface area contributed by atoms with Gasteiger partial charge in [0.15, 0.2) is 0 Å². The molecule has 25 heavy (non-hydrogen) atoms. The van der Waals surface area contributed by atoms with Crippen molar-refractivity contribution in [3.8, 4) is 0 Å². The van der Waals surface area contributed by atoms with E-state index in [0.29, 0.717) is 12.3 Å². The van der Waals surface area contributed by atoms with Gasteiger partial charge in [0.1, 0.15) is 0 Å². The van der Waals surface area contributed by atoms with Crippen molar-refractivity contribution < 1.29 is 14.3 Å². The van der Waals surface area contributed by atoms with E-state index < -0.39 is 5.97 Å². The van der Waals surface area contributed by atoms with Gasteiger partial charge >= 0.3 is 12.4 Å². The summed E-state index contributed by atoms with van der Waals surface area (Å²) in [6.45, 7) is 2.63. The summed E-state index contributed by atoms with van der Waals surface area (Å²) < 4.78 is 5.26. The summed E-state index contributed by atoms with van der Waals surface area (Å²) in [6.07, 6.45) is 13.9. The molecule has 1 rings (SSSR count). The molecule has 0 heterocycles. The molecule has 0 saturated heterocycles. The summed E-state index contributed by atoms with van der Waals surface area (Å²) in [5, 5.41) is 2.52. The van der Waals surface area contributed by atoms with E-state index in [0.717, 1.165) is 12.8 Å². The Morgan fingerprint density at radius 2 is 1.64 bits per heavy atom. The second kappa shape index (κ2) is 13.7. The van der Waals surface area contributed by atoms with E-state index in [1.54, 1.807) is 24.6 Å². The zero-order valence-electron chi connectivity index (χ0n) is 15.1. The molecule has 0 bridgehead atoms. The number of esters is 1. The van der Waals surface area contributed by atoms with Crippen molar-refractivity contribution in [2.45, 2.75) is 71.1 Å². The smallest absolute Gasteiger partial charge is 0.339 e. The van der Waals surface area contributed by atoms with Crippen molar-refractivity contribution in [3.05, 3.63) is 28.8 Å². The summed E-state index contributed by atoms with van der Waals surface area (Å²) in [7, 11) is 0. The number of anilines is 1. The van der Waals surface area contributed by atoms with Gasteiger partial charge in [0, 0.05) is 0 Å². The van der Waals surface area contributed by atoms with Crippen LogP contribution < -0.4 is 5.32 Å². The zero-order chi connectivity index (χ0) is 18.3. The summed E-state index contributed by atoms with van der Waals surface area (Å²) >= 11 is 6.08. The summed E-state index contributed by atoms with van der Waals surface area (Å²) in [5.41, 5.74) is 0.610. The van der Waals surface area contributed by atoms with E-state index in [-0.39, 0.29) is 10.6 Å². The summed E-state index contributed by atoms with van der Waals surface area (Å²) in [5.74, 6) is -0.463. The summed E-state index contributed by atoms with van der Waals surface area (Å²) in [6, 6.07) is 4.83. The molecule has 1 aromatic rings. The Kier molecular flexibility index (Phi) is 11.8. The normalized spacial score (nSPS) is 10.5. The Labute approximate surface area is 156 Å². The molecule has 0 saturated carbocycles. The predicted molar refractivity (Wildman–Crippen MR) is 103 cm³/mol. The fraction of sp³-hybridized carbons (Fsp3) is 0.600. The second-order valence-corrected chi connectivity index (χ2v) is 6.59. The van der Waals surface area contributed by atoms with Crippen LogP contribution in [-0.4, -0.2) is 19.0 Å². The molecule has 0 aromatic heterocycles. The van der Waals surface area contributed by atoms with Gasteiger partial charge in [-0.25, -0.2) is 4.79 Å². The first-order valence-electron chi connectivity index (χ1n) is 9.29. The lowest BCUT2D eigenvalue weighted by Gasteiger charge is -2.08. The molecule has 4 nitrogen and oxygen atoms in total. The number of amides is 1. The van der Waals surface area contributed by atoms with Gasteiger partial charge in [0.25, 0.3) is 0 Å². The number of benzene rings is 1. The maximum absolute atomic E-state index is 12.0. The van der Waals surface area contributed by atoms with Crippen LogP contribution >= 0.6 is 11.6 Å². The van der Waals surface area contributed by atoms with Gasteiger partial charge in [-0.15, -0.1) is 0 Å². The Morgan fingerprint density at radius 1 is 1.04 bits per heavy atom. The number of carbonyl (C=O) groups is 1. The lowest BCUT2D eigenvalue weighted by molar-refractivity contribution is 0.0498.